The maximum absolute atomic E-state index is 11.0. The van der Waals surface area contributed by atoms with Gasteiger partial charge in [-0.1, -0.05) is 0 Å². The predicted molar refractivity (Wildman–Crippen MR) is 73.3 cm³/mol. The number of rotatable bonds is 4. The van der Waals surface area contributed by atoms with Crippen LogP contribution in [0.5, 0.6) is 0 Å². The van der Waals surface area contributed by atoms with Crippen LogP contribution < -0.4 is 16.8 Å². The molecule has 96 valence electrons. The van der Waals surface area contributed by atoms with E-state index in [0.29, 0.717) is 5.82 Å². The summed E-state index contributed by atoms with van der Waals surface area (Å²) in [4.78, 5) is 20.1. The predicted octanol–water partition coefficient (Wildman–Crippen LogP) is 1.34. The first kappa shape index (κ1) is 12.6. The van der Waals surface area contributed by atoms with E-state index in [1.165, 1.54) is 11.3 Å². The molecule has 0 aliphatic carbocycles. The van der Waals surface area contributed by atoms with E-state index in [1.807, 2.05) is 25.3 Å². The third-order valence-corrected chi connectivity index (χ3v) is 3.22. The molecule has 2 aromatic rings. The molecule has 1 amide bonds. The fourth-order valence-electron chi connectivity index (χ4n) is 1.77. The average Bonchev–Trinajstić information content (AvgIpc) is 2.61. The molecule has 2 heterocycles. The summed E-state index contributed by atoms with van der Waals surface area (Å²) in [6, 6.07) is 1.92. The van der Waals surface area contributed by atoms with Gasteiger partial charge in [-0.15, -0.1) is 11.3 Å². The van der Waals surface area contributed by atoms with Gasteiger partial charge in [0, 0.05) is 12.0 Å². The van der Waals surface area contributed by atoms with Crippen molar-refractivity contribution in [3.63, 3.8) is 0 Å². The summed E-state index contributed by atoms with van der Waals surface area (Å²) in [5.41, 5.74) is 10.4. The normalized spacial score (nSPS) is 11.7. The van der Waals surface area contributed by atoms with Crippen LogP contribution in [0.2, 0.25) is 0 Å². The Bertz CT molecular complexity index is 592. The number of fused-ring (bicyclic) bond motifs is 1. The number of nitrogens with zero attached hydrogens (tertiary/aromatic N) is 2. The van der Waals surface area contributed by atoms with Gasteiger partial charge in [0.05, 0.1) is 5.39 Å². The molecule has 0 saturated carbocycles. The van der Waals surface area contributed by atoms with Crippen LogP contribution in [0.4, 0.5) is 11.8 Å². The first-order chi connectivity index (χ1) is 8.37. The number of amides is 1. The fraction of sp³-hybridized carbons (Fsp3) is 0.364. The number of aromatic nitrogens is 2. The van der Waals surface area contributed by atoms with E-state index in [0.717, 1.165) is 10.2 Å². The van der Waals surface area contributed by atoms with Crippen LogP contribution in [-0.2, 0) is 4.79 Å². The number of carbonyl (C=O) groups is 1. The highest BCUT2D eigenvalue weighted by Gasteiger charge is 2.22. The summed E-state index contributed by atoms with van der Waals surface area (Å²) in [6.07, 6.45) is 0.211. The Labute approximate surface area is 108 Å². The Balaban J connectivity index is 2.36. The van der Waals surface area contributed by atoms with Gasteiger partial charge >= 0.3 is 0 Å². The molecular weight excluding hydrogens is 250 g/mol. The molecule has 0 aliphatic heterocycles. The Morgan fingerprint density at radius 1 is 1.50 bits per heavy atom. The highest BCUT2D eigenvalue weighted by atomic mass is 32.1. The maximum Gasteiger partial charge on any atom is 0.223 e. The van der Waals surface area contributed by atoms with Crippen LogP contribution in [-0.4, -0.2) is 21.4 Å². The standard InChI is InChI=1S/C11H15N5OS/c1-11(2,5-7(12)17)16-8-6-3-4-18-9(6)15-10(13)14-8/h3-4H,5H2,1-2H3,(H2,12,17)(H3,13,14,15,16). The minimum absolute atomic E-state index is 0.210. The molecule has 0 aliphatic rings. The van der Waals surface area contributed by atoms with Crippen molar-refractivity contribution in [3.05, 3.63) is 11.4 Å². The molecule has 0 radical (unpaired) electrons. The van der Waals surface area contributed by atoms with E-state index >= 15 is 0 Å². The zero-order chi connectivity index (χ0) is 13.3. The molecule has 0 unspecified atom stereocenters. The Morgan fingerprint density at radius 3 is 2.89 bits per heavy atom. The third-order valence-electron chi connectivity index (χ3n) is 2.42. The molecule has 2 aromatic heterocycles. The van der Waals surface area contributed by atoms with E-state index in [4.69, 9.17) is 11.5 Å². The molecule has 0 atom stereocenters. The molecule has 5 N–H and O–H groups in total. The molecule has 0 fully saturated rings. The van der Waals surface area contributed by atoms with Gasteiger partial charge in [0.1, 0.15) is 10.6 Å². The first-order valence-corrected chi connectivity index (χ1v) is 6.32. The summed E-state index contributed by atoms with van der Waals surface area (Å²) in [7, 11) is 0. The Morgan fingerprint density at radius 2 is 2.22 bits per heavy atom. The lowest BCUT2D eigenvalue weighted by molar-refractivity contribution is -0.118. The largest absolute Gasteiger partial charge is 0.370 e. The topological polar surface area (TPSA) is 107 Å². The molecule has 0 saturated heterocycles. The Kier molecular flexibility index (Phi) is 3.08. The first-order valence-electron chi connectivity index (χ1n) is 5.44. The van der Waals surface area contributed by atoms with Crippen molar-refractivity contribution >= 4 is 39.2 Å². The van der Waals surface area contributed by atoms with Crippen molar-refractivity contribution in [1.29, 1.82) is 0 Å². The van der Waals surface area contributed by atoms with Crippen LogP contribution in [0.1, 0.15) is 20.3 Å². The number of hydrogen-bond acceptors (Lipinski definition) is 6. The van der Waals surface area contributed by atoms with Gasteiger partial charge in [0.2, 0.25) is 11.9 Å². The van der Waals surface area contributed by atoms with Gasteiger partial charge in [-0.2, -0.15) is 4.98 Å². The molecule has 0 bridgehead atoms. The van der Waals surface area contributed by atoms with Gasteiger partial charge in [-0.25, -0.2) is 4.98 Å². The van der Waals surface area contributed by atoms with E-state index < -0.39 is 5.54 Å². The van der Waals surface area contributed by atoms with Crippen LogP contribution in [0.25, 0.3) is 10.2 Å². The van der Waals surface area contributed by atoms with Crippen LogP contribution in [0.3, 0.4) is 0 Å². The minimum atomic E-state index is -0.485. The summed E-state index contributed by atoms with van der Waals surface area (Å²) >= 11 is 1.49. The van der Waals surface area contributed by atoms with Gasteiger partial charge < -0.3 is 16.8 Å². The summed E-state index contributed by atoms with van der Waals surface area (Å²) < 4.78 is 0. The van der Waals surface area contributed by atoms with Gasteiger partial charge in [0.25, 0.3) is 0 Å². The van der Waals surface area contributed by atoms with Gasteiger partial charge in [0.15, 0.2) is 0 Å². The van der Waals surface area contributed by atoms with E-state index in [9.17, 15) is 4.79 Å². The van der Waals surface area contributed by atoms with Crippen LogP contribution in [0, 0.1) is 0 Å². The summed E-state index contributed by atoms with van der Waals surface area (Å²) in [5, 5.41) is 6.01. The SMILES string of the molecule is CC(C)(CC(N)=O)Nc1nc(N)nc2sccc12. The minimum Gasteiger partial charge on any atom is -0.370 e. The van der Waals surface area contributed by atoms with Crippen molar-refractivity contribution < 1.29 is 4.79 Å². The number of nitrogens with one attached hydrogen (secondary N) is 1. The van der Waals surface area contributed by atoms with Crippen molar-refractivity contribution in [1.82, 2.24) is 9.97 Å². The van der Waals surface area contributed by atoms with Crippen molar-refractivity contribution in [3.8, 4) is 0 Å². The molecule has 0 spiro atoms. The van der Waals surface area contributed by atoms with Gasteiger partial charge in [-0.3, -0.25) is 4.79 Å². The van der Waals surface area contributed by atoms with Crippen LogP contribution in [0.15, 0.2) is 11.4 Å². The number of nitrogen functional groups attached to an aromatic ring is 1. The summed E-state index contributed by atoms with van der Waals surface area (Å²) in [5.74, 6) is 0.475. The highest BCUT2D eigenvalue weighted by molar-refractivity contribution is 7.16. The van der Waals surface area contributed by atoms with Crippen LogP contribution >= 0.6 is 11.3 Å². The van der Waals surface area contributed by atoms with Crippen molar-refractivity contribution in [2.75, 3.05) is 11.1 Å². The number of nitrogens with two attached hydrogens (primary N) is 2. The van der Waals surface area contributed by atoms with E-state index in [-0.39, 0.29) is 18.3 Å². The number of thiophene rings is 1. The third kappa shape index (κ3) is 2.67. The molecule has 18 heavy (non-hydrogen) atoms. The Hall–Kier alpha value is -1.89. The zero-order valence-electron chi connectivity index (χ0n) is 10.2. The van der Waals surface area contributed by atoms with E-state index in [2.05, 4.69) is 15.3 Å². The average molecular weight is 265 g/mol. The number of anilines is 2. The maximum atomic E-state index is 11.0. The molecule has 2 rings (SSSR count). The van der Waals surface area contributed by atoms with Crippen molar-refractivity contribution in [2.45, 2.75) is 25.8 Å². The second-order valence-corrected chi connectivity index (χ2v) is 5.62. The second-order valence-electron chi connectivity index (χ2n) is 4.72. The summed E-state index contributed by atoms with van der Waals surface area (Å²) in [6.45, 7) is 3.77. The van der Waals surface area contributed by atoms with Crippen molar-refractivity contribution in [2.24, 2.45) is 5.73 Å². The molecule has 7 heteroatoms. The monoisotopic (exact) mass is 265 g/mol. The highest BCUT2D eigenvalue weighted by Crippen LogP contribution is 2.28. The molecule has 0 aromatic carbocycles. The quantitative estimate of drug-likeness (QED) is 0.773. The van der Waals surface area contributed by atoms with Gasteiger partial charge in [-0.05, 0) is 25.3 Å². The lowest BCUT2D eigenvalue weighted by Crippen LogP contribution is -2.36. The fourth-order valence-corrected chi connectivity index (χ4v) is 2.54. The lowest BCUT2D eigenvalue weighted by Gasteiger charge is -2.25. The second kappa shape index (κ2) is 4.41. The zero-order valence-corrected chi connectivity index (χ0v) is 11.0. The molecule has 6 nitrogen and oxygen atoms in total. The number of primary amides is 1. The molecular formula is C11H15N5OS. The smallest absolute Gasteiger partial charge is 0.223 e. The van der Waals surface area contributed by atoms with E-state index in [1.54, 1.807) is 0 Å². The number of hydrogen-bond donors (Lipinski definition) is 3. The number of carbonyl (C=O) groups excluding carboxylic acids is 1. The lowest BCUT2D eigenvalue weighted by atomic mass is 10.0.